The smallest absolute Gasteiger partial charge is 0.220 e. The second-order valence-electron chi connectivity index (χ2n) is 7.91. The number of carbonyl (C=O) groups excluding carboxylic acids is 1. The number of anilines is 2. The highest BCUT2D eigenvalue weighted by atomic mass is 32.1. The molecule has 8 heteroatoms. The zero-order chi connectivity index (χ0) is 21.1. The topological polar surface area (TPSA) is 80.2 Å². The SMILES string of the molecule is Cc1cc2c(s1)Nc1ccc(CNC(=O)CCCO)cc1N=C2N1CCN(C)CC1. The van der Waals surface area contributed by atoms with Crippen molar-refractivity contribution in [3.63, 3.8) is 0 Å². The number of aliphatic hydroxyl groups is 1. The van der Waals surface area contributed by atoms with E-state index in [1.165, 1.54) is 4.88 Å². The average Bonchev–Trinajstić information content (AvgIpc) is 3.03. The Labute approximate surface area is 181 Å². The predicted octanol–water partition coefficient (Wildman–Crippen LogP) is 2.83. The van der Waals surface area contributed by atoms with Crippen LogP contribution in [0.5, 0.6) is 0 Å². The molecular weight excluding hydrogens is 398 g/mol. The molecule has 2 aromatic rings. The van der Waals surface area contributed by atoms with Gasteiger partial charge in [0.25, 0.3) is 0 Å². The number of thiophene rings is 1. The molecule has 0 saturated carbocycles. The molecule has 1 fully saturated rings. The van der Waals surface area contributed by atoms with Crippen molar-refractivity contribution in [3.8, 4) is 0 Å². The molecule has 0 atom stereocenters. The maximum atomic E-state index is 11.9. The molecule has 7 nitrogen and oxygen atoms in total. The number of amides is 1. The number of aliphatic imine (C=N–C) groups is 1. The minimum Gasteiger partial charge on any atom is -0.396 e. The lowest BCUT2D eigenvalue weighted by molar-refractivity contribution is -0.121. The summed E-state index contributed by atoms with van der Waals surface area (Å²) in [5, 5.41) is 16.5. The number of hydrogen-bond donors (Lipinski definition) is 3. The molecule has 1 aromatic carbocycles. The van der Waals surface area contributed by atoms with Crippen molar-refractivity contribution in [2.24, 2.45) is 4.99 Å². The van der Waals surface area contributed by atoms with Gasteiger partial charge in [0.05, 0.1) is 16.9 Å². The molecule has 1 amide bonds. The molecule has 30 heavy (non-hydrogen) atoms. The molecule has 3 heterocycles. The monoisotopic (exact) mass is 427 g/mol. The number of aliphatic hydroxyl groups excluding tert-OH is 1. The van der Waals surface area contributed by atoms with E-state index in [9.17, 15) is 4.79 Å². The van der Waals surface area contributed by atoms with Gasteiger partial charge in [0.15, 0.2) is 0 Å². The standard InChI is InChI=1S/C22H29N5O2S/c1-15-12-17-21(27-9-7-26(2)8-10-27)24-19-13-16(14-23-20(29)4-3-11-28)5-6-18(19)25-22(17)30-15/h5-6,12-13,25,28H,3-4,7-11,14H2,1-2H3,(H,23,29). The molecule has 0 spiro atoms. The van der Waals surface area contributed by atoms with Gasteiger partial charge in [0, 0.05) is 50.6 Å². The highest BCUT2D eigenvalue weighted by Gasteiger charge is 2.25. The first kappa shape index (κ1) is 20.8. The molecule has 0 bridgehead atoms. The summed E-state index contributed by atoms with van der Waals surface area (Å²) in [6.45, 7) is 6.59. The highest BCUT2D eigenvalue weighted by molar-refractivity contribution is 7.16. The van der Waals surface area contributed by atoms with Crippen LogP contribution in [0.1, 0.15) is 28.8 Å². The fourth-order valence-electron chi connectivity index (χ4n) is 3.74. The van der Waals surface area contributed by atoms with Crippen LogP contribution in [0.25, 0.3) is 0 Å². The van der Waals surface area contributed by atoms with E-state index < -0.39 is 0 Å². The van der Waals surface area contributed by atoms with Crippen molar-refractivity contribution in [3.05, 3.63) is 40.3 Å². The first-order valence-electron chi connectivity index (χ1n) is 10.4. The van der Waals surface area contributed by atoms with Crippen molar-refractivity contribution in [2.45, 2.75) is 26.3 Å². The van der Waals surface area contributed by atoms with Crippen LogP contribution >= 0.6 is 11.3 Å². The number of amidine groups is 1. The van der Waals surface area contributed by atoms with Gasteiger partial charge in [-0.1, -0.05) is 6.07 Å². The fourth-order valence-corrected chi connectivity index (χ4v) is 4.66. The Hall–Kier alpha value is -2.42. The van der Waals surface area contributed by atoms with E-state index in [0.29, 0.717) is 19.4 Å². The Kier molecular flexibility index (Phi) is 6.36. The third kappa shape index (κ3) is 4.66. The molecular formula is C22H29N5O2S. The summed E-state index contributed by atoms with van der Waals surface area (Å²) in [6, 6.07) is 8.33. The minimum atomic E-state index is -0.0450. The maximum Gasteiger partial charge on any atom is 0.220 e. The lowest BCUT2D eigenvalue weighted by atomic mass is 10.1. The quantitative estimate of drug-likeness (QED) is 0.684. The van der Waals surface area contributed by atoms with Crippen LogP contribution in [0.4, 0.5) is 16.4 Å². The van der Waals surface area contributed by atoms with E-state index >= 15 is 0 Å². The molecule has 160 valence electrons. The van der Waals surface area contributed by atoms with Gasteiger partial charge in [-0.15, -0.1) is 11.3 Å². The zero-order valence-electron chi connectivity index (χ0n) is 17.6. The first-order valence-corrected chi connectivity index (χ1v) is 11.3. The lowest BCUT2D eigenvalue weighted by Gasteiger charge is -2.34. The zero-order valence-corrected chi connectivity index (χ0v) is 18.4. The number of nitrogens with zero attached hydrogens (tertiary/aromatic N) is 3. The van der Waals surface area contributed by atoms with Crippen molar-refractivity contribution >= 4 is 39.5 Å². The molecule has 3 N–H and O–H groups in total. The van der Waals surface area contributed by atoms with Gasteiger partial charge >= 0.3 is 0 Å². The third-order valence-electron chi connectivity index (χ3n) is 5.49. The molecule has 2 aliphatic rings. The van der Waals surface area contributed by atoms with Gasteiger partial charge in [-0.05, 0) is 44.2 Å². The normalized spacial score (nSPS) is 16.2. The number of rotatable bonds is 5. The summed E-state index contributed by atoms with van der Waals surface area (Å²) in [7, 11) is 2.16. The van der Waals surface area contributed by atoms with Crippen LogP contribution < -0.4 is 10.6 Å². The highest BCUT2D eigenvalue weighted by Crippen LogP contribution is 2.39. The number of aryl methyl sites for hydroxylation is 1. The summed E-state index contributed by atoms with van der Waals surface area (Å²) in [4.78, 5) is 23.0. The second kappa shape index (κ2) is 9.16. The van der Waals surface area contributed by atoms with Gasteiger partial charge in [-0.2, -0.15) is 0 Å². The Morgan fingerprint density at radius 1 is 1.27 bits per heavy atom. The lowest BCUT2D eigenvalue weighted by Crippen LogP contribution is -2.47. The van der Waals surface area contributed by atoms with E-state index in [-0.39, 0.29) is 12.5 Å². The molecule has 0 aliphatic carbocycles. The number of benzene rings is 1. The van der Waals surface area contributed by atoms with Gasteiger partial charge in [0.1, 0.15) is 10.8 Å². The molecule has 4 rings (SSSR count). The predicted molar refractivity (Wildman–Crippen MR) is 122 cm³/mol. The average molecular weight is 428 g/mol. The van der Waals surface area contributed by atoms with Crippen molar-refractivity contribution in [1.29, 1.82) is 0 Å². The third-order valence-corrected chi connectivity index (χ3v) is 6.45. The van der Waals surface area contributed by atoms with Gasteiger partial charge < -0.3 is 25.5 Å². The number of fused-ring (bicyclic) bond motifs is 2. The Morgan fingerprint density at radius 3 is 2.83 bits per heavy atom. The van der Waals surface area contributed by atoms with E-state index in [1.54, 1.807) is 11.3 Å². The summed E-state index contributed by atoms with van der Waals surface area (Å²) in [5.74, 6) is 0.981. The van der Waals surface area contributed by atoms with Crippen LogP contribution in [0.3, 0.4) is 0 Å². The molecule has 1 saturated heterocycles. The Bertz CT molecular complexity index is 947. The largest absolute Gasteiger partial charge is 0.396 e. The van der Waals surface area contributed by atoms with Crippen molar-refractivity contribution < 1.29 is 9.90 Å². The van der Waals surface area contributed by atoms with Crippen LogP contribution in [-0.4, -0.2) is 66.5 Å². The maximum absolute atomic E-state index is 11.9. The summed E-state index contributed by atoms with van der Waals surface area (Å²) in [6.07, 6.45) is 0.828. The number of likely N-dealkylation sites (N-methyl/N-ethyl adjacent to an activating group) is 1. The van der Waals surface area contributed by atoms with Gasteiger partial charge in [0.2, 0.25) is 5.91 Å². The molecule has 0 radical (unpaired) electrons. The minimum absolute atomic E-state index is 0.0331. The Balaban J connectivity index is 1.61. The van der Waals surface area contributed by atoms with Crippen LogP contribution in [0.15, 0.2) is 29.3 Å². The summed E-state index contributed by atoms with van der Waals surface area (Å²) < 4.78 is 0. The number of nitrogens with one attached hydrogen (secondary N) is 2. The summed E-state index contributed by atoms with van der Waals surface area (Å²) >= 11 is 1.75. The van der Waals surface area contributed by atoms with Crippen LogP contribution in [-0.2, 0) is 11.3 Å². The molecule has 2 aliphatic heterocycles. The number of hydrogen-bond acceptors (Lipinski definition) is 7. The van der Waals surface area contributed by atoms with Gasteiger partial charge in [-0.3, -0.25) is 4.79 Å². The van der Waals surface area contributed by atoms with Gasteiger partial charge in [-0.25, -0.2) is 4.99 Å². The van der Waals surface area contributed by atoms with Crippen molar-refractivity contribution in [1.82, 2.24) is 15.1 Å². The molecule has 1 aromatic heterocycles. The van der Waals surface area contributed by atoms with E-state index in [1.807, 2.05) is 18.2 Å². The van der Waals surface area contributed by atoms with E-state index in [0.717, 1.165) is 59.5 Å². The number of carbonyl (C=O) groups is 1. The van der Waals surface area contributed by atoms with Crippen molar-refractivity contribution in [2.75, 3.05) is 45.2 Å². The molecule has 0 unspecified atom stereocenters. The van der Waals surface area contributed by atoms with E-state index in [4.69, 9.17) is 10.1 Å². The van der Waals surface area contributed by atoms with E-state index in [2.05, 4.69) is 40.5 Å². The second-order valence-corrected chi connectivity index (χ2v) is 9.16. The van der Waals surface area contributed by atoms with Crippen LogP contribution in [0.2, 0.25) is 0 Å². The number of piperazine rings is 1. The van der Waals surface area contributed by atoms with Crippen LogP contribution in [0, 0.1) is 6.92 Å². The summed E-state index contributed by atoms with van der Waals surface area (Å²) in [5.41, 5.74) is 4.05. The first-order chi connectivity index (χ1) is 14.5. The Morgan fingerprint density at radius 2 is 2.07 bits per heavy atom. The fraction of sp³-hybridized carbons (Fsp3) is 0.455.